The lowest BCUT2D eigenvalue weighted by molar-refractivity contribution is -0.132. The second-order valence-electron chi connectivity index (χ2n) is 5.70. The molecule has 0 aromatic heterocycles. The minimum Gasteiger partial charge on any atom is -0.346 e. The Morgan fingerprint density at radius 3 is 2.52 bits per heavy atom. The molecule has 0 aromatic rings. The van der Waals surface area contributed by atoms with Crippen LogP contribution in [0.25, 0.3) is 0 Å². The monoisotopic (exact) mass is 320 g/mol. The molecule has 122 valence electrons. The number of amides is 2. The molecule has 2 atom stereocenters. The number of nitrogens with one attached hydrogen (secondary N) is 2. The molecule has 0 aliphatic carbocycles. The van der Waals surface area contributed by atoms with E-state index in [0.29, 0.717) is 19.5 Å². The molecule has 1 unspecified atom stereocenters. The highest BCUT2D eigenvalue weighted by atomic mass is 32.2. The Balaban J connectivity index is 2.39. The van der Waals surface area contributed by atoms with Crippen molar-refractivity contribution in [3.63, 3.8) is 0 Å². The molecular weight excluding hydrogens is 296 g/mol. The lowest BCUT2D eigenvalue weighted by Crippen LogP contribution is -2.48. The van der Waals surface area contributed by atoms with E-state index in [1.165, 1.54) is 4.90 Å². The van der Waals surface area contributed by atoms with Crippen LogP contribution in [0.5, 0.6) is 0 Å². The lowest BCUT2D eigenvalue weighted by atomic mass is 10.1. The normalized spacial score (nSPS) is 20.6. The Morgan fingerprint density at radius 1 is 1.38 bits per heavy atom. The summed E-state index contributed by atoms with van der Waals surface area (Å²) in [5.74, 6) is -0.601. The topological polar surface area (TPSA) is 122 Å². The van der Waals surface area contributed by atoms with Crippen molar-refractivity contribution in [3.8, 4) is 0 Å². The van der Waals surface area contributed by atoms with Gasteiger partial charge in [0.1, 0.15) is 0 Å². The van der Waals surface area contributed by atoms with Crippen molar-refractivity contribution in [3.05, 3.63) is 0 Å². The summed E-state index contributed by atoms with van der Waals surface area (Å²) in [5, 5.41) is 2.51. The van der Waals surface area contributed by atoms with Crippen LogP contribution in [0.4, 0.5) is 0 Å². The van der Waals surface area contributed by atoms with Gasteiger partial charge in [-0.25, -0.2) is 13.1 Å². The molecule has 1 saturated heterocycles. The minimum atomic E-state index is -3.28. The quantitative estimate of drug-likeness (QED) is 0.535. The number of carbonyl (C=O) groups is 2. The molecule has 9 heteroatoms. The van der Waals surface area contributed by atoms with E-state index in [9.17, 15) is 18.0 Å². The Bertz CT molecular complexity index is 491. The van der Waals surface area contributed by atoms with Gasteiger partial charge in [0.05, 0.1) is 18.8 Å². The Hall–Kier alpha value is -1.19. The number of nitrogens with two attached hydrogens (primary N) is 1. The van der Waals surface area contributed by atoms with Crippen LogP contribution in [0.3, 0.4) is 0 Å². The second kappa shape index (κ2) is 7.19. The molecule has 0 radical (unpaired) electrons. The fourth-order valence-electron chi connectivity index (χ4n) is 2.08. The summed E-state index contributed by atoms with van der Waals surface area (Å²) >= 11 is 0. The van der Waals surface area contributed by atoms with Gasteiger partial charge in [0.15, 0.2) is 0 Å². The zero-order valence-corrected chi connectivity index (χ0v) is 13.4. The van der Waals surface area contributed by atoms with E-state index in [-0.39, 0.29) is 30.3 Å². The molecule has 1 fully saturated rings. The van der Waals surface area contributed by atoms with Gasteiger partial charge in [-0.15, -0.1) is 0 Å². The summed E-state index contributed by atoms with van der Waals surface area (Å²) in [4.78, 5) is 25.1. The van der Waals surface area contributed by atoms with Crippen molar-refractivity contribution in [1.29, 1.82) is 0 Å². The second-order valence-corrected chi connectivity index (χ2v) is 7.48. The standard InChI is InChI=1S/C12H24N4O4S/c1-8(2)11(13)12(18)14-6-10(17)16-5-4-9(7-16)15-21(3,19)20/h8-9,11,15H,4-7,13H2,1-3H3,(H,14,18)/t9?,11-/m0/s1. The van der Waals surface area contributed by atoms with Crippen LogP contribution in [-0.2, 0) is 19.6 Å². The number of nitrogens with zero attached hydrogens (tertiary/aromatic N) is 1. The summed E-state index contributed by atoms with van der Waals surface area (Å²) in [6.07, 6.45) is 1.66. The maximum atomic E-state index is 11.9. The number of hydrogen-bond donors (Lipinski definition) is 3. The first-order chi connectivity index (χ1) is 9.60. The van der Waals surface area contributed by atoms with Crippen molar-refractivity contribution >= 4 is 21.8 Å². The van der Waals surface area contributed by atoms with Gasteiger partial charge < -0.3 is 16.0 Å². The largest absolute Gasteiger partial charge is 0.346 e. The third-order valence-electron chi connectivity index (χ3n) is 3.36. The highest BCUT2D eigenvalue weighted by Gasteiger charge is 2.28. The minimum absolute atomic E-state index is 0.00442. The third kappa shape index (κ3) is 5.98. The molecule has 0 bridgehead atoms. The van der Waals surface area contributed by atoms with Crippen LogP contribution in [0.1, 0.15) is 20.3 Å². The molecule has 2 amide bonds. The van der Waals surface area contributed by atoms with E-state index in [1.54, 1.807) is 0 Å². The summed E-state index contributed by atoms with van der Waals surface area (Å²) in [6.45, 7) is 4.32. The van der Waals surface area contributed by atoms with Crippen LogP contribution >= 0.6 is 0 Å². The number of rotatable bonds is 6. The van der Waals surface area contributed by atoms with Gasteiger partial charge >= 0.3 is 0 Å². The number of likely N-dealkylation sites (tertiary alicyclic amines) is 1. The molecule has 4 N–H and O–H groups in total. The molecule has 1 aliphatic heterocycles. The smallest absolute Gasteiger partial charge is 0.242 e. The average molecular weight is 320 g/mol. The highest BCUT2D eigenvalue weighted by molar-refractivity contribution is 7.88. The first-order valence-electron chi connectivity index (χ1n) is 6.88. The first kappa shape index (κ1) is 17.9. The summed E-state index contributed by atoms with van der Waals surface area (Å²) in [6, 6.07) is -0.909. The van der Waals surface area contributed by atoms with Gasteiger partial charge in [-0.2, -0.15) is 0 Å². The third-order valence-corrected chi connectivity index (χ3v) is 4.12. The Labute approximate surface area is 125 Å². The van der Waals surface area contributed by atoms with E-state index >= 15 is 0 Å². The number of sulfonamides is 1. The van der Waals surface area contributed by atoms with Gasteiger partial charge in [0, 0.05) is 19.1 Å². The van der Waals surface area contributed by atoms with Gasteiger partial charge in [-0.1, -0.05) is 13.8 Å². The van der Waals surface area contributed by atoms with Crippen molar-refractivity contribution in [2.75, 3.05) is 25.9 Å². The van der Waals surface area contributed by atoms with Crippen molar-refractivity contribution < 1.29 is 18.0 Å². The van der Waals surface area contributed by atoms with Crippen molar-refractivity contribution in [2.45, 2.75) is 32.4 Å². The molecule has 1 aliphatic rings. The predicted molar refractivity (Wildman–Crippen MR) is 78.8 cm³/mol. The van der Waals surface area contributed by atoms with Gasteiger partial charge in [-0.3, -0.25) is 9.59 Å². The van der Waals surface area contributed by atoms with Crippen LogP contribution in [0, 0.1) is 5.92 Å². The van der Waals surface area contributed by atoms with Crippen LogP contribution < -0.4 is 15.8 Å². The maximum absolute atomic E-state index is 11.9. The molecule has 0 saturated carbocycles. The molecule has 1 rings (SSSR count). The van der Waals surface area contributed by atoms with E-state index in [4.69, 9.17) is 5.73 Å². The van der Waals surface area contributed by atoms with Crippen molar-refractivity contribution in [1.82, 2.24) is 14.9 Å². The fraction of sp³-hybridized carbons (Fsp3) is 0.833. The highest BCUT2D eigenvalue weighted by Crippen LogP contribution is 2.09. The molecular formula is C12H24N4O4S. The van der Waals surface area contributed by atoms with Crippen LogP contribution in [0.2, 0.25) is 0 Å². The average Bonchev–Trinajstić information content (AvgIpc) is 2.80. The first-order valence-corrected chi connectivity index (χ1v) is 8.77. The Morgan fingerprint density at radius 2 is 2.00 bits per heavy atom. The van der Waals surface area contributed by atoms with Crippen LogP contribution in [0.15, 0.2) is 0 Å². The molecule has 8 nitrogen and oxygen atoms in total. The van der Waals surface area contributed by atoms with Crippen LogP contribution in [-0.4, -0.2) is 63.1 Å². The number of hydrogen-bond acceptors (Lipinski definition) is 5. The van der Waals surface area contributed by atoms with E-state index in [1.807, 2.05) is 13.8 Å². The molecule has 21 heavy (non-hydrogen) atoms. The molecule has 0 aromatic carbocycles. The van der Waals surface area contributed by atoms with Gasteiger partial charge in [0.25, 0.3) is 0 Å². The SMILES string of the molecule is CC(C)[C@H](N)C(=O)NCC(=O)N1CCC(NS(C)(=O)=O)C1. The molecule has 1 heterocycles. The predicted octanol–water partition coefficient (Wildman–Crippen LogP) is -1.76. The summed E-state index contributed by atoms with van der Waals surface area (Å²) in [7, 11) is -3.28. The van der Waals surface area contributed by atoms with Gasteiger partial charge in [-0.05, 0) is 12.3 Å². The van der Waals surface area contributed by atoms with Gasteiger partial charge in [0.2, 0.25) is 21.8 Å². The maximum Gasteiger partial charge on any atom is 0.242 e. The number of carbonyl (C=O) groups excluding carboxylic acids is 2. The summed E-state index contributed by atoms with van der Waals surface area (Å²) in [5.41, 5.74) is 5.68. The zero-order chi connectivity index (χ0) is 16.2. The molecule has 0 spiro atoms. The van der Waals surface area contributed by atoms with E-state index < -0.39 is 16.1 Å². The van der Waals surface area contributed by atoms with Crippen molar-refractivity contribution in [2.24, 2.45) is 11.7 Å². The fourth-order valence-corrected chi connectivity index (χ4v) is 2.88. The van der Waals surface area contributed by atoms with E-state index in [2.05, 4.69) is 10.0 Å². The zero-order valence-electron chi connectivity index (χ0n) is 12.6. The summed E-state index contributed by atoms with van der Waals surface area (Å²) < 4.78 is 24.7. The lowest BCUT2D eigenvalue weighted by Gasteiger charge is -2.19. The Kier molecular flexibility index (Phi) is 6.11. The van der Waals surface area contributed by atoms with E-state index in [0.717, 1.165) is 6.26 Å².